The van der Waals surface area contributed by atoms with Crippen molar-refractivity contribution in [1.82, 2.24) is 0 Å². The van der Waals surface area contributed by atoms with Crippen LogP contribution >= 0.6 is 0 Å². The van der Waals surface area contributed by atoms with E-state index in [1.165, 1.54) is 0 Å². The van der Waals surface area contributed by atoms with E-state index in [4.69, 9.17) is 24.8 Å². The van der Waals surface area contributed by atoms with Crippen LogP contribution in [0.3, 0.4) is 0 Å². The molecule has 12 nitrogen and oxygen atoms in total. The van der Waals surface area contributed by atoms with Crippen molar-refractivity contribution in [3.05, 3.63) is 25.3 Å². The van der Waals surface area contributed by atoms with E-state index in [1.54, 1.807) is 0 Å². The number of esters is 3. The second kappa shape index (κ2) is 23.7. The molecule has 0 aliphatic heterocycles. The van der Waals surface area contributed by atoms with E-state index in [2.05, 4.69) is 17.9 Å². The fourth-order valence-corrected chi connectivity index (χ4v) is 8.06. The third-order valence-corrected chi connectivity index (χ3v) is 11.2. The Morgan fingerprint density at radius 3 is 1.02 bits per heavy atom. The summed E-state index contributed by atoms with van der Waals surface area (Å²) < 4.78 is 14.5. The topological polar surface area (TPSA) is 191 Å². The van der Waals surface area contributed by atoms with Crippen molar-refractivity contribution in [2.45, 2.75) is 116 Å². The number of hydrogen-bond acceptors (Lipinski definition) is 9. The molecule has 0 aromatic rings. The molecule has 4 rings (SSSR count). The standard InChI is InChI=1S/C19H28O6.C14H22O4.C6H10O2/c1-2-17(20)24-11-12-25-19(23)16-9-5-14(6-10-16)13-3-7-15(8-4-13)18(21)22;15-13(16)11-5-1-9(2-6-11)10-3-7-12(8-4-10)14(17)18;1-3-5-8-6(7)4-2/h2,13-16H,1,3-12H2,(H,21,22);9-12H,1-8H2,(H,15,16)(H,17,18);4H,2-3,5H2,1H3. The Hall–Kier alpha value is -3.70. The van der Waals surface area contributed by atoms with Crippen LogP contribution in [0.4, 0.5) is 0 Å². The first kappa shape index (κ1) is 43.5. The molecule has 4 fully saturated rings. The summed E-state index contributed by atoms with van der Waals surface area (Å²) in [6.45, 7) is 9.10. The van der Waals surface area contributed by atoms with Gasteiger partial charge in [0.25, 0.3) is 0 Å². The van der Waals surface area contributed by atoms with Gasteiger partial charge in [-0.05, 0) is 133 Å². The quantitative estimate of drug-likeness (QED) is 0.0777. The summed E-state index contributed by atoms with van der Waals surface area (Å²) in [6.07, 6.45) is 17.6. The average molecular weight is 721 g/mol. The fraction of sp³-hybridized carbons (Fsp3) is 0.744. The lowest BCUT2D eigenvalue weighted by Crippen LogP contribution is -2.30. The molecule has 0 atom stereocenters. The molecule has 0 amide bonds. The summed E-state index contributed by atoms with van der Waals surface area (Å²) in [4.78, 5) is 66.0. The van der Waals surface area contributed by atoms with Gasteiger partial charge < -0.3 is 29.5 Å². The Labute approximate surface area is 302 Å². The van der Waals surface area contributed by atoms with Gasteiger partial charge in [0.15, 0.2) is 0 Å². The van der Waals surface area contributed by atoms with Gasteiger partial charge in [-0.25, -0.2) is 9.59 Å². The molecule has 0 aromatic carbocycles. The van der Waals surface area contributed by atoms with Gasteiger partial charge in [0.05, 0.1) is 30.3 Å². The van der Waals surface area contributed by atoms with Crippen molar-refractivity contribution in [2.75, 3.05) is 19.8 Å². The molecule has 0 spiro atoms. The largest absolute Gasteiger partial charge is 0.481 e. The second-order valence-electron chi connectivity index (χ2n) is 14.4. The van der Waals surface area contributed by atoms with E-state index < -0.39 is 23.9 Å². The van der Waals surface area contributed by atoms with Gasteiger partial charge in [-0.2, -0.15) is 0 Å². The summed E-state index contributed by atoms with van der Waals surface area (Å²) >= 11 is 0. The van der Waals surface area contributed by atoms with Crippen LogP contribution in [0.2, 0.25) is 0 Å². The number of carbonyl (C=O) groups excluding carboxylic acids is 3. The highest BCUT2D eigenvalue weighted by Crippen LogP contribution is 2.42. The van der Waals surface area contributed by atoms with Crippen LogP contribution in [0.5, 0.6) is 0 Å². The highest BCUT2D eigenvalue weighted by molar-refractivity contribution is 5.81. The minimum Gasteiger partial charge on any atom is -0.481 e. The van der Waals surface area contributed by atoms with Gasteiger partial charge in [-0.1, -0.05) is 20.1 Å². The van der Waals surface area contributed by atoms with Gasteiger partial charge >= 0.3 is 35.8 Å². The minimum absolute atomic E-state index is 0.0543. The van der Waals surface area contributed by atoms with E-state index in [9.17, 15) is 28.8 Å². The van der Waals surface area contributed by atoms with Crippen LogP contribution in [-0.2, 0) is 43.0 Å². The number of carbonyl (C=O) groups is 6. The van der Waals surface area contributed by atoms with E-state index in [1.807, 2.05) is 6.92 Å². The Kier molecular flexibility index (Phi) is 20.2. The van der Waals surface area contributed by atoms with Crippen LogP contribution in [0.25, 0.3) is 0 Å². The molecule has 288 valence electrons. The lowest BCUT2D eigenvalue weighted by atomic mass is 9.69. The molecule has 51 heavy (non-hydrogen) atoms. The molecule has 4 aliphatic rings. The minimum atomic E-state index is -0.663. The van der Waals surface area contributed by atoms with Crippen LogP contribution in [-0.4, -0.2) is 71.0 Å². The van der Waals surface area contributed by atoms with E-state index in [0.29, 0.717) is 30.3 Å². The van der Waals surface area contributed by atoms with Crippen LogP contribution in [0.1, 0.15) is 116 Å². The maximum atomic E-state index is 12.1. The molecule has 0 saturated heterocycles. The number of hydrogen-bond donors (Lipinski definition) is 3. The van der Waals surface area contributed by atoms with E-state index >= 15 is 0 Å². The van der Waals surface area contributed by atoms with Crippen molar-refractivity contribution in [3.63, 3.8) is 0 Å². The monoisotopic (exact) mass is 720 g/mol. The molecule has 0 radical (unpaired) electrons. The molecular formula is C39H60O12. The normalized spacial score (nSPS) is 28.8. The number of carboxylic acid groups (broad SMARTS) is 3. The fourth-order valence-electron chi connectivity index (χ4n) is 8.06. The molecule has 0 unspecified atom stereocenters. The number of carboxylic acids is 3. The van der Waals surface area contributed by atoms with Crippen LogP contribution in [0.15, 0.2) is 25.3 Å². The zero-order valence-corrected chi connectivity index (χ0v) is 30.3. The number of aliphatic carboxylic acids is 3. The molecule has 0 bridgehead atoms. The Balaban J connectivity index is 0.000000301. The number of rotatable bonds is 13. The SMILES string of the molecule is C=CC(=O)OCCC.C=CC(=O)OCCOC(=O)C1CCC(C2CCC(C(=O)O)CC2)CC1.O=C(O)C1CCC(C2CCC(C(=O)O)CC2)CC1. The maximum absolute atomic E-state index is 12.1. The van der Waals surface area contributed by atoms with Gasteiger partial charge in [-0.3, -0.25) is 19.2 Å². The maximum Gasteiger partial charge on any atom is 0.330 e. The zero-order valence-electron chi connectivity index (χ0n) is 30.3. The van der Waals surface area contributed by atoms with E-state index in [-0.39, 0.29) is 48.8 Å². The summed E-state index contributed by atoms with van der Waals surface area (Å²) in [6, 6.07) is 0. The molecule has 0 aromatic heterocycles. The van der Waals surface area contributed by atoms with Gasteiger partial charge in [-0.15, -0.1) is 0 Å². The first-order valence-corrected chi connectivity index (χ1v) is 18.8. The summed E-state index contributed by atoms with van der Waals surface area (Å²) in [5, 5.41) is 27.0. The van der Waals surface area contributed by atoms with Crippen LogP contribution in [0, 0.1) is 47.3 Å². The lowest BCUT2D eigenvalue weighted by Gasteiger charge is -2.36. The molecule has 4 saturated carbocycles. The first-order valence-electron chi connectivity index (χ1n) is 18.8. The average Bonchev–Trinajstić information content (AvgIpc) is 3.16. The Morgan fingerprint density at radius 1 is 0.471 bits per heavy atom. The smallest absolute Gasteiger partial charge is 0.330 e. The second-order valence-corrected chi connectivity index (χ2v) is 14.4. The Morgan fingerprint density at radius 2 is 0.745 bits per heavy atom. The summed E-state index contributed by atoms with van der Waals surface area (Å²) in [5.41, 5.74) is 0. The summed E-state index contributed by atoms with van der Waals surface area (Å²) in [7, 11) is 0. The lowest BCUT2D eigenvalue weighted by molar-refractivity contribution is -0.154. The van der Waals surface area contributed by atoms with Gasteiger partial charge in [0.2, 0.25) is 0 Å². The zero-order chi connectivity index (χ0) is 37.8. The van der Waals surface area contributed by atoms with Gasteiger partial charge in [0.1, 0.15) is 13.2 Å². The first-order chi connectivity index (χ1) is 24.4. The van der Waals surface area contributed by atoms with E-state index in [0.717, 1.165) is 121 Å². The Bertz CT molecular complexity index is 1100. The van der Waals surface area contributed by atoms with Crippen molar-refractivity contribution in [1.29, 1.82) is 0 Å². The highest BCUT2D eigenvalue weighted by atomic mass is 16.6. The van der Waals surface area contributed by atoms with Crippen molar-refractivity contribution in [3.8, 4) is 0 Å². The highest BCUT2D eigenvalue weighted by Gasteiger charge is 2.36. The predicted octanol–water partition coefficient (Wildman–Crippen LogP) is 6.85. The number of ether oxygens (including phenoxy) is 3. The molecule has 4 aliphatic carbocycles. The van der Waals surface area contributed by atoms with Crippen LogP contribution < -0.4 is 0 Å². The molecule has 3 N–H and O–H groups in total. The van der Waals surface area contributed by atoms with Gasteiger partial charge in [0, 0.05) is 12.2 Å². The molecule has 0 heterocycles. The third kappa shape index (κ3) is 16.0. The van der Waals surface area contributed by atoms with Crippen molar-refractivity contribution < 1.29 is 58.3 Å². The molecular weight excluding hydrogens is 660 g/mol. The predicted molar refractivity (Wildman–Crippen MR) is 188 cm³/mol. The van der Waals surface area contributed by atoms with Crippen molar-refractivity contribution in [2.24, 2.45) is 47.3 Å². The third-order valence-electron chi connectivity index (χ3n) is 11.2. The van der Waals surface area contributed by atoms with Crippen molar-refractivity contribution >= 4 is 35.8 Å². The summed E-state index contributed by atoms with van der Waals surface area (Å²) in [5.74, 6) is -1.07. The molecule has 12 heteroatoms.